The van der Waals surface area contributed by atoms with Gasteiger partial charge in [-0.1, -0.05) is 13.8 Å². The third-order valence-corrected chi connectivity index (χ3v) is 3.19. The van der Waals surface area contributed by atoms with Gasteiger partial charge in [0.2, 0.25) is 0 Å². The molecule has 72 valence electrons. The van der Waals surface area contributed by atoms with E-state index in [0.29, 0.717) is 12.2 Å². The van der Waals surface area contributed by atoms with E-state index in [0.717, 1.165) is 12.3 Å². The van der Waals surface area contributed by atoms with Crippen LogP contribution in [0.15, 0.2) is 0 Å². The molecule has 2 unspecified atom stereocenters. The van der Waals surface area contributed by atoms with Gasteiger partial charge in [-0.25, -0.2) is 0 Å². The zero-order chi connectivity index (χ0) is 9.19. The van der Waals surface area contributed by atoms with Crippen molar-refractivity contribution in [2.24, 2.45) is 5.41 Å². The first-order valence-corrected chi connectivity index (χ1v) is 5.28. The zero-order valence-corrected chi connectivity index (χ0v) is 9.03. The Kier molecular flexibility index (Phi) is 3.42. The molecule has 0 spiro atoms. The van der Waals surface area contributed by atoms with Crippen LogP contribution in [0, 0.1) is 5.41 Å². The Hall–Kier alpha value is 0.250. The number of rotatable bonds is 3. The monoisotopic (exact) mass is 190 g/mol. The molecule has 0 N–H and O–H groups in total. The first kappa shape index (κ1) is 10.3. The summed E-state index contributed by atoms with van der Waals surface area (Å²) < 4.78 is 5.74. The van der Waals surface area contributed by atoms with Crippen molar-refractivity contribution in [3.8, 4) is 0 Å². The van der Waals surface area contributed by atoms with Crippen molar-refractivity contribution in [3.05, 3.63) is 0 Å². The summed E-state index contributed by atoms with van der Waals surface area (Å²) in [6.07, 6.45) is 4.43. The molecule has 1 fully saturated rings. The fourth-order valence-corrected chi connectivity index (χ4v) is 1.82. The Labute approximate surface area is 80.4 Å². The summed E-state index contributed by atoms with van der Waals surface area (Å²) >= 11 is 5.85. The maximum absolute atomic E-state index is 5.85. The third kappa shape index (κ3) is 2.95. The van der Waals surface area contributed by atoms with Gasteiger partial charge in [-0.3, -0.25) is 0 Å². The minimum absolute atomic E-state index is 0.232. The fraction of sp³-hybridized carbons (Fsp3) is 1.00. The van der Waals surface area contributed by atoms with Gasteiger partial charge in [0.15, 0.2) is 0 Å². The number of hydrogen-bond donors (Lipinski definition) is 0. The van der Waals surface area contributed by atoms with Crippen LogP contribution in [0.5, 0.6) is 0 Å². The normalized spacial score (nSPS) is 31.0. The van der Waals surface area contributed by atoms with E-state index >= 15 is 0 Å². The molecule has 0 bridgehead atoms. The summed E-state index contributed by atoms with van der Waals surface area (Å²) in [5.74, 6) is 0.723. The molecule has 2 heteroatoms. The van der Waals surface area contributed by atoms with Crippen LogP contribution in [0.4, 0.5) is 0 Å². The first-order valence-electron chi connectivity index (χ1n) is 4.75. The zero-order valence-electron chi connectivity index (χ0n) is 8.27. The van der Waals surface area contributed by atoms with Gasteiger partial charge >= 0.3 is 0 Å². The van der Waals surface area contributed by atoms with E-state index in [1.54, 1.807) is 0 Å². The quantitative estimate of drug-likeness (QED) is 0.621. The van der Waals surface area contributed by atoms with Gasteiger partial charge < -0.3 is 4.74 Å². The van der Waals surface area contributed by atoms with Crippen LogP contribution in [0.2, 0.25) is 0 Å². The molecule has 1 rings (SSSR count). The van der Waals surface area contributed by atoms with Gasteiger partial charge in [-0.05, 0) is 31.6 Å². The second kappa shape index (κ2) is 3.97. The van der Waals surface area contributed by atoms with E-state index in [1.807, 2.05) is 0 Å². The molecule has 12 heavy (non-hydrogen) atoms. The number of alkyl halides is 1. The molecule has 0 aliphatic carbocycles. The summed E-state index contributed by atoms with van der Waals surface area (Å²) in [6, 6.07) is 0. The van der Waals surface area contributed by atoms with Crippen LogP contribution in [0.1, 0.15) is 40.0 Å². The maximum Gasteiger partial charge on any atom is 0.0585 e. The summed E-state index contributed by atoms with van der Waals surface area (Å²) in [6.45, 7) is 6.55. The predicted octanol–water partition coefficient (Wildman–Crippen LogP) is 3.21. The second-order valence-electron chi connectivity index (χ2n) is 4.65. The summed E-state index contributed by atoms with van der Waals surface area (Å²) in [4.78, 5) is 0. The Morgan fingerprint density at radius 1 is 1.42 bits per heavy atom. The van der Waals surface area contributed by atoms with Gasteiger partial charge in [0.25, 0.3) is 0 Å². The van der Waals surface area contributed by atoms with Crippen molar-refractivity contribution >= 4 is 11.6 Å². The predicted molar refractivity (Wildman–Crippen MR) is 52.7 cm³/mol. The molecule has 0 radical (unpaired) electrons. The van der Waals surface area contributed by atoms with Gasteiger partial charge in [0.1, 0.15) is 0 Å². The summed E-state index contributed by atoms with van der Waals surface area (Å²) in [5.41, 5.74) is 0.232. The Bertz CT molecular complexity index is 145. The molecule has 0 aromatic carbocycles. The van der Waals surface area contributed by atoms with E-state index in [1.165, 1.54) is 12.8 Å². The van der Waals surface area contributed by atoms with E-state index in [-0.39, 0.29) is 5.41 Å². The lowest BCUT2D eigenvalue weighted by atomic mass is 9.88. The lowest BCUT2D eigenvalue weighted by Crippen LogP contribution is -2.22. The number of halogens is 1. The number of ether oxygens (including phenoxy) is 1. The van der Waals surface area contributed by atoms with Crippen LogP contribution >= 0.6 is 11.6 Å². The van der Waals surface area contributed by atoms with Crippen LogP contribution < -0.4 is 0 Å². The van der Waals surface area contributed by atoms with Crippen molar-refractivity contribution in [2.45, 2.75) is 52.2 Å². The minimum Gasteiger partial charge on any atom is -0.375 e. The third-order valence-electron chi connectivity index (χ3n) is 2.46. The number of hydrogen-bond acceptors (Lipinski definition) is 1. The van der Waals surface area contributed by atoms with Gasteiger partial charge in [0.05, 0.1) is 12.2 Å². The molecule has 1 heterocycles. The molecular formula is C10H19ClO. The first-order chi connectivity index (χ1) is 5.53. The van der Waals surface area contributed by atoms with E-state index in [9.17, 15) is 0 Å². The average Bonchev–Trinajstić information content (AvgIpc) is 2.35. The molecule has 1 saturated heterocycles. The molecule has 0 aromatic heterocycles. The molecule has 1 aliphatic heterocycles. The molecule has 2 atom stereocenters. The standard InChI is InChI=1S/C10H19ClO/c1-8-4-5-9(12-8)6-10(2,3)7-11/h8-9H,4-7H2,1-3H3. The topological polar surface area (TPSA) is 9.23 Å². The minimum atomic E-state index is 0.232. The SMILES string of the molecule is CC1CCC(CC(C)(C)CCl)O1. The molecular weight excluding hydrogens is 172 g/mol. The Morgan fingerprint density at radius 3 is 2.50 bits per heavy atom. The van der Waals surface area contributed by atoms with Gasteiger partial charge in [-0.2, -0.15) is 0 Å². The highest BCUT2D eigenvalue weighted by atomic mass is 35.5. The molecule has 0 saturated carbocycles. The van der Waals surface area contributed by atoms with E-state index in [2.05, 4.69) is 20.8 Å². The highest BCUT2D eigenvalue weighted by Crippen LogP contribution is 2.31. The maximum atomic E-state index is 5.85. The largest absolute Gasteiger partial charge is 0.375 e. The molecule has 0 amide bonds. The van der Waals surface area contributed by atoms with Crippen LogP contribution in [0.25, 0.3) is 0 Å². The lowest BCUT2D eigenvalue weighted by molar-refractivity contribution is 0.0322. The molecule has 1 aliphatic rings. The lowest BCUT2D eigenvalue weighted by Gasteiger charge is -2.25. The highest BCUT2D eigenvalue weighted by Gasteiger charge is 2.28. The molecule has 1 nitrogen and oxygen atoms in total. The van der Waals surface area contributed by atoms with E-state index < -0.39 is 0 Å². The van der Waals surface area contributed by atoms with Crippen LogP contribution in [0.3, 0.4) is 0 Å². The molecule has 0 aromatic rings. The summed E-state index contributed by atoms with van der Waals surface area (Å²) in [5, 5.41) is 0. The fourth-order valence-electron chi connectivity index (χ4n) is 1.71. The average molecular weight is 191 g/mol. The highest BCUT2D eigenvalue weighted by molar-refractivity contribution is 6.18. The van der Waals surface area contributed by atoms with Crippen molar-refractivity contribution in [1.29, 1.82) is 0 Å². The van der Waals surface area contributed by atoms with Crippen molar-refractivity contribution < 1.29 is 4.74 Å². The Balaban J connectivity index is 2.32. The Morgan fingerprint density at radius 2 is 2.08 bits per heavy atom. The van der Waals surface area contributed by atoms with Gasteiger partial charge in [0, 0.05) is 5.88 Å². The van der Waals surface area contributed by atoms with E-state index in [4.69, 9.17) is 16.3 Å². The van der Waals surface area contributed by atoms with Crippen LogP contribution in [-0.4, -0.2) is 18.1 Å². The van der Waals surface area contributed by atoms with Crippen molar-refractivity contribution in [2.75, 3.05) is 5.88 Å². The smallest absolute Gasteiger partial charge is 0.0585 e. The van der Waals surface area contributed by atoms with Crippen LogP contribution in [-0.2, 0) is 4.74 Å². The van der Waals surface area contributed by atoms with Crippen molar-refractivity contribution in [1.82, 2.24) is 0 Å². The van der Waals surface area contributed by atoms with Gasteiger partial charge in [-0.15, -0.1) is 11.6 Å². The summed E-state index contributed by atoms with van der Waals surface area (Å²) in [7, 11) is 0. The van der Waals surface area contributed by atoms with Crippen molar-refractivity contribution in [3.63, 3.8) is 0 Å². The second-order valence-corrected chi connectivity index (χ2v) is 4.92.